The maximum atomic E-state index is 6.28. The number of para-hydroxylation sites is 2. The fourth-order valence-electron chi connectivity index (χ4n) is 2.08. The molecule has 0 spiro atoms. The maximum Gasteiger partial charge on any atom is 0.129 e. The van der Waals surface area contributed by atoms with Crippen LogP contribution < -0.4 is 0 Å². The molecule has 4 heteroatoms. The topological polar surface area (TPSA) is 17.8 Å². The predicted molar refractivity (Wildman–Crippen MR) is 75.6 cm³/mol. The molecule has 2 nitrogen and oxygen atoms in total. The van der Waals surface area contributed by atoms with Crippen molar-refractivity contribution in [2.45, 2.75) is 5.88 Å². The number of rotatable bonds is 2. The summed E-state index contributed by atoms with van der Waals surface area (Å²) in [4.78, 5) is 4.51. The summed E-state index contributed by atoms with van der Waals surface area (Å²) in [6, 6.07) is 15.7. The smallest absolute Gasteiger partial charge is 0.129 e. The van der Waals surface area contributed by atoms with Gasteiger partial charge < -0.3 is 0 Å². The molecule has 0 atom stereocenters. The summed E-state index contributed by atoms with van der Waals surface area (Å²) in [7, 11) is 0. The number of aromatic nitrogens is 2. The van der Waals surface area contributed by atoms with Crippen molar-refractivity contribution in [3.63, 3.8) is 0 Å². The lowest BCUT2D eigenvalue weighted by atomic mass is 10.3. The van der Waals surface area contributed by atoms with E-state index in [9.17, 15) is 0 Å². The molecular weight excluding hydrogens is 267 g/mol. The Balaban J connectivity index is 2.39. The van der Waals surface area contributed by atoms with E-state index in [-0.39, 0.29) is 0 Å². The molecule has 0 bridgehead atoms. The van der Waals surface area contributed by atoms with Crippen molar-refractivity contribution >= 4 is 34.2 Å². The van der Waals surface area contributed by atoms with Gasteiger partial charge in [-0.3, -0.25) is 4.57 Å². The van der Waals surface area contributed by atoms with E-state index in [1.165, 1.54) is 0 Å². The second-order valence-corrected chi connectivity index (χ2v) is 4.61. The average Bonchev–Trinajstić information content (AvgIpc) is 2.79. The van der Waals surface area contributed by atoms with Crippen LogP contribution in [0.15, 0.2) is 48.5 Å². The summed E-state index contributed by atoms with van der Waals surface area (Å²) in [5.41, 5.74) is 2.78. The monoisotopic (exact) mass is 276 g/mol. The fourth-order valence-corrected chi connectivity index (χ4v) is 2.51. The van der Waals surface area contributed by atoms with Crippen molar-refractivity contribution < 1.29 is 0 Å². The molecule has 90 valence electrons. The normalized spacial score (nSPS) is 11.0. The van der Waals surface area contributed by atoms with Crippen LogP contribution in [0.25, 0.3) is 16.7 Å². The van der Waals surface area contributed by atoms with E-state index in [2.05, 4.69) is 4.98 Å². The molecule has 3 aromatic rings. The molecule has 0 aliphatic carbocycles. The zero-order valence-electron chi connectivity index (χ0n) is 9.48. The minimum Gasteiger partial charge on any atom is -0.294 e. The van der Waals surface area contributed by atoms with Gasteiger partial charge in [-0.25, -0.2) is 4.98 Å². The SMILES string of the molecule is ClCc1nc2cccc(Cl)c2n1-c1ccccc1. The van der Waals surface area contributed by atoms with E-state index >= 15 is 0 Å². The van der Waals surface area contributed by atoms with Gasteiger partial charge in [0.2, 0.25) is 0 Å². The summed E-state index contributed by atoms with van der Waals surface area (Å²) in [6.45, 7) is 0. The number of halogens is 2. The summed E-state index contributed by atoms with van der Waals surface area (Å²) in [5, 5.41) is 0.681. The van der Waals surface area contributed by atoms with Crippen LogP contribution >= 0.6 is 23.2 Å². The van der Waals surface area contributed by atoms with E-state index in [1.54, 1.807) is 0 Å². The summed E-state index contributed by atoms with van der Waals surface area (Å²) in [5.74, 6) is 1.14. The second-order valence-electron chi connectivity index (χ2n) is 3.94. The predicted octanol–water partition coefficient (Wildman–Crippen LogP) is 4.42. The molecule has 2 aromatic carbocycles. The molecule has 0 radical (unpaired) electrons. The molecule has 0 aliphatic rings. The highest BCUT2D eigenvalue weighted by Gasteiger charge is 2.13. The first-order chi connectivity index (χ1) is 8.81. The molecule has 0 amide bonds. The third kappa shape index (κ3) is 1.78. The van der Waals surface area contributed by atoms with Crippen LogP contribution in [0.3, 0.4) is 0 Å². The fraction of sp³-hybridized carbons (Fsp3) is 0.0714. The first-order valence-corrected chi connectivity index (χ1v) is 6.50. The van der Waals surface area contributed by atoms with Crippen molar-refractivity contribution in [3.05, 3.63) is 59.4 Å². The second kappa shape index (κ2) is 4.63. The Morgan fingerprint density at radius 2 is 1.78 bits per heavy atom. The number of hydrogen-bond donors (Lipinski definition) is 0. The van der Waals surface area contributed by atoms with Gasteiger partial charge in [-0.1, -0.05) is 35.9 Å². The largest absolute Gasteiger partial charge is 0.294 e. The van der Waals surface area contributed by atoms with Crippen LogP contribution in [0.2, 0.25) is 5.02 Å². The zero-order chi connectivity index (χ0) is 12.5. The maximum absolute atomic E-state index is 6.28. The van der Waals surface area contributed by atoms with Crippen LogP contribution in [0.1, 0.15) is 5.82 Å². The number of hydrogen-bond acceptors (Lipinski definition) is 1. The molecule has 0 unspecified atom stereocenters. The van der Waals surface area contributed by atoms with Gasteiger partial charge in [0, 0.05) is 5.69 Å². The molecule has 0 N–H and O–H groups in total. The Labute approximate surface area is 115 Å². The summed E-state index contributed by atoms with van der Waals surface area (Å²) >= 11 is 12.3. The first-order valence-electron chi connectivity index (χ1n) is 5.58. The Morgan fingerprint density at radius 1 is 1.00 bits per heavy atom. The van der Waals surface area contributed by atoms with E-state index in [0.29, 0.717) is 10.9 Å². The van der Waals surface area contributed by atoms with Crippen LogP contribution in [0.5, 0.6) is 0 Å². The van der Waals surface area contributed by atoms with Crippen LogP contribution in [0, 0.1) is 0 Å². The third-order valence-corrected chi connectivity index (χ3v) is 3.37. The molecule has 0 saturated heterocycles. The van der Waals surface area contributed by atoms with E-state index in [4.69, 9.17) is 23.2 Å². The third-order valence-electron chi connectivity index (χ3n) is 2.83. The Hall–Kier alpha value is -1.51. The minimum atomic E-state index is 0.347. The highest BCUT2D eigenvalue weighted by molar-refractivity contribution is 6.35. The molecule has 0 aliphatic heterocycles. The van der Waals surface area contributed by atoms with Crippen molar-refractivity contribution in [1.82, 2.24) is 9.55 Å². The lowest BCUT2D eigenvalue weighted by molar-refractivity contribution is 0.982. The lowest BCUT2D eigenvalue weighted by Crippen LogP contribution is -1.99. The highest BCUT2D eigenvalue weighted by atomic mass is 35.5. The Morgan fingerprint density at radius 3 is 2.50 bits per heavy atom. The van der Waals surface area contributed by atoms with Crippen molar-refractivity contribution in [1.29, 1.82) is 0 Å². The molecule has 0 fully saturated rings. The number of benzene rings is 2. The minimum absolute atomic E-state index is 0.347. The molecule has 1 heterocycles. The van der Waals surface area contributed by atoms with Gasteiger partial charge in [-0.2, -0.15) is 0 Å². The van der Waals surface area contributed by atoms with Crippen LogP contribution in [0.4, 0.5) is 0 Å². The first kappa shape index (κ1) is 11.6. The number of fused-ring (bicyclic) bond motifs is 1. The van der Waals surface area contributed by atoms with Gasteiger partial charge in [0.15, 0.2) is 0 Å². The summed E-state index contributed by atoms with van der Waals surface area (Å²) < 4.78 is 2.00. The molecule has 1 aromatic heterocycles. The zero-order valence-corrected chi connectivity index (χ0v) is 11.0. The Bertz CT molecular complexity index is 690. The van der Waals surface area contributed by atoms with Crippen molar-refractivity contribution in [3.8, 4) is 5.69 Å². The van der Waals surface area contributed by atoms with Gasteiger partial charge >= 0.3 is 0 Å². The summed E-state index contributed by atoms with van der Waals surface area (Å²) in [6.07, 6.45) is 0. The molecule has 18 heavy (non-hydrogen) atoms. The standard InChI is InChI=1S/C14H10Cl2N2/c15-9-13-17-12-8-4-7-11(16)14(12)18(13)10-5-2-1-3-6-10/h1-8H,9H2. The van der Waals surface area contributed by atoms with Crippen LogP contribution in [-0.4, -0.2) is 9.55 Å². The Kier molecular flexibility index (Phi) is 2.98. The number of alkyl halides is 1. The molecular formula is C14H10Cl2N2. The van der Waals surface area contributed by atoms with Crippen molar-refractivity contribution in [2.75, 3.05) is 0 Å². The lowest BCUT2D eigenvalue weighted by Gasteiger charge is -2.08. The van der Waals surface area contributed by atoms with Gasteiger partial charge in [0.25, 0.3) is 0 Å². The van der Waals surface area contributed by atoms with E-state index in [0.717, 1.165) is 22.5 Å². The molecule has 0 saturated carbocycles. The highest BCUT2D eigenvalue weighted by Crippen LogP contribution is 2.28. The average molecular weight is 277 g/mol. The van der Waals surface area contributed by atoms with Gasteiger partial charge in [-0.15, -0.1) is 11.6 Å². The number of nitrogens with zero attached hydrogens (tertiary/aromatic N) is 2. The quantitative estimate of drug-likeness (QED) is 0.634. The van der Waals surface area contributed by atoms with Gasteiger partial charge in [0.1, 0.15) is 5.82 Å². The van der Waals surface area contributed by atoms with Gasteiger partial charge in [-0.05, 0) is 24.3 Å². The van der Waals surface area contributed by atoms with Crippen molar-refractivity contribution in [2.24, 2.45) is 0 Å². The van der Waals surface area contributed by atoms with E-state index in [1.807, 2.05) is 53.1 Å². The van der Waals surface area contributed by atoms with Crippen LogP contribution in [-0.2, 0) is 5.88 Å². The van der Waals surface area contributed by atoms with Gasteiger partial charge in [0.05, 0.1) is 21.9 Å². The van der Waals surface area contributed by atoms with E-state index < -0.39 is 0 Å². The number of imidazole rings is 1. The molecule has 3 rings (SSSR count).